The van der Waals surface area contributed by atoms with Gasteiger partial charge in [0, 0.05) is 93.5 Å². The molecule has 15 heteroatoms. The van der Waals surface area contributed by atoms with E-state index in [4.69, 9.17) is 19.7 Å². The quantitative estimate of drug-likeness (QED) is 0.170. The Bertz CT molecular complexity index is 1860. The molecule has 0 aliphatic carbocycles. The van der Waals surface area contributed by atoms with E-state index in [0.717, 1.165) is 70.0 Å². The first-order chi connectivity index (χ1) is 25.6. The molecule has 3 aliphatic rings. The van der Waals surface area contributed by atoms with Crippen molar-refractivity contribution in [3.8, 4) is 28.8 Å². The van der Waals surface area contributed by atoms with E-state index in [9.17, 15) is 15.0 Å². The minimum absolute atomic E-state index is 0.119. The predicted octanol–water partition coefficient (Wildman–Crippen LogP) is 3.96. The molecule has 6 heterocycles. The van der Waals surface area contributed by atoms with Gasteiger partial charge in [-0.3, -0.25) is 14.6 Å². The number of carboxylic acid groups (broad SMARTS) is 1. The first kappa shape index (κ1) is 36.2. The number of phenols is 1. The van der Waals surface area contributed by atoms with Crippen LogP contribution in [0.3, 0.4) is 0 Å². The topological polar surface area (TPSA) is 180 Å². The van der Waals surface area contributed by atoms with Gasteiger partial charge in [0.25, 0.3) is 5.88 Å². The van der Waals surface area contributed by atoms with Crippen LogP contribution in [0.5, 0.6) is 17.5 Å². The zero-order chi connectivity index (χ0) is 37.1. The van der Waals surface area contributed by atoms with E-state index in [1.807, 2.05) is 38.2 Å². The van der Waals surface area contributed by atoms with Gasteiger partial charge in [-0.15, -0.1) is 10.2 Å². The van der Waals surface area contributed by atoms with Crippen molar-refractivity contribution in [1.29, 1.82) is 0 Å². The molecule has 3 aliphatic heterocycles. The van der Waals surface area contributed by atoms with Gasteiger partial charge in [0.05, 0.1) is 11.4 Å². The average Bonchev–Trinajstić information content (AvgIpc) is 3.70. The lowest BCUT2D eigenvalue weighted by Crippen LogP contribution is -2.54. The predicted molar refractivity (Wildman–Crippen MR) is 199 cm³/mol. The molecule has 4 N–H and O–H groups in total. The molecule has 282 valence electrons. The van der Waals surface area contributed by atoms with Gasteiger partial charge in [0.2, 0.25) is 5.88 Å². The molecule has 53 heavy (non-hydrogen) atoms. The number of aromatic hydroxyl groups is 1. The van der Waals surface area contributed by atoms with E-state index in [0.29, 0.717) is 65.9 Å². The monoisotopic (exact) mass is 727 g/mol. The van der Waals surface area contributed by atoms with E-state index < -0.39 is 11.9 Å². The summed E-state index contributed by atoms with van der Waals surface area (Å²) >= 11 is 0. The normalized spacial score (nSPS) is 21.2. The zero-order valence-corrected chi connectivity index (χ0v) is 30.5. The third-order valence-electron chi connectivity index (χ3n) is 10.7. The number of para-hydroxylation sites is 1. The summed E-state index contributed by atoms with van der Waals surface area (Å²) in [6, 6.07) is 15.7. The van der Waals surface area contributed by atoms with Crippen molar-refractivity contribution in [2.45, 2.75) is 57.7 Å². The molecule has 15 nitrogen and oxygen atoms in total. The molecule has 0 spiro atoms. The van der Waals surface area contributed by atoms with Crippen molar-refractivity contribution < 1.29 is 29.0 Å². The molecular formula is C38H49N9O6. The number of hydrogen-bond acceptors (Lipinski definition) is 14. The van der Waals surface area contributed by atoms with E-state index in [1.54, 1.807) is 18.2 Å². The van der Waals surface area contributed by atoms with Crippen LogP contribution in [0.15, 0.2) is 59.3 Å². The van der Waals surface area contributed by atoms with Crippen LogP contribution in [0, 0.1) is 5.92 Å². The number of nitrogen functional groups attached to an aromatic ring is 1. The summed E-state index contributed by atoms with van der Waals surface area (Å²) in [6.45, 7) is 12.8. The van der Waals surface area contributed by atoms with Gasteiger partial charge in [0.1, 0.15) is 24.9 Å². The molecule has 3 saturated heterocycles. The maximum atomic E-state index is 11.6. The van der Waals surface area contributed by atoms with Crippen LogP contribution < -0.4 is 25.0 Å². The van der Waals surface area contributed by atoms with Crippen molar-refractivity contribution in [3.63, 3.8) is 0 Å². The number of piperazine rings is 2. The van der Waals surface area contributed by atoms with Crippen LogP contribution in [-0.2, 0) is 4.79 Å². The molecule has 2 unspecified atom stereocenters. The van der Waals surface area contributed by atoms with E-state index in [2.05, 4.69) is 59.0 Å². The number of nitrogens with zero attached hydrogens (tertiary/aromatic N) is 8. The third kappa shape index (κ3) is 8.10. The standard InChI is InChI=1S/C38H49N9O6/c1-24(2)36(38(49)50)33-20-35(43-53-33)52-16-14-44-12-13-45(25(3)21-44)15-17-51-34-18-26(10-11-40-34)47-27-8-9-28(47)23-46(22-27)31-19-30(41-42-37(31)39)29-6-4-5-7-32(29)48/h4-7,10-11,18-20,24-25,27-28,36,48H,8-9,12-17,21-23H2,1-3H3,(H2,39,42)(H,49,50)/t25-,27?,28?,36-/m1/s1. The van der Waals surface area contributed by atoms with Crippen molar-refractivity contribution in [2.24, 2.45) is 5.92 Å². The number of nitrogens with two attached hydrogens (primary N) is 1. The maximum Gasteiger partial charge on any atom is 0.314 e. The molecule has 1 aromatic carbocycles. The number of carboxylic acids is 1. The second-order valence-corrected chi connectivity index (χ2v) is 14.6. The molecule has 7 rings (SSSR count). The lowest BCUT2D eigenvalue weighted by Gasteiger charge is -2.43. The van der Waals surface area contributed by atoms with Gasteiger partial charge in [-0.2, -0.15) is 0 Å². The summed E-state index contributed by atoms with van der Waals surface area (Å²) in [5, 5.41) is 32.3. The van der Waals surface area contributed by atoms with E-state index >= 15 is 0 Å². The number of pyridine rings is 1. The molecule has 0 radical (unpaired) electrons. The van der Waals surface area contributed by atoms with Crippen LogP contribution in [0.25, 0.3) is 11.3 Å². The Kier molecular flexibility index (Phi) is 10.8. The van der Waals surface area contributed by atoms with Crippen LogP contribution in [0.2, 0.25) is 0 Å². The lowest BCUT2D eigenvalue weighted by molar-refractivity contribution is -0.140. The summed E-state index contributed by atoms with van der Waals surface area (Å²) < 4.78 is 17.3. The fourth-order valence-corrected chi connectivity index (χ4v) is 8.00. The summed E-state index contributed by atoms with van der Waals surface area (Å²) in [5.41, 5.74) is 9.53. The highest BCUT2D eigenvalue weighted by atomic mass is 16.5. The zero-order valence-electron chi connectivity index (χ0n) is 30.5. The summed E-state index contributed by atoms with van der Waals surface area (Å²) in [4.78, 5) is 25.7. The van der Waals surface area contributed by atoms with E-state index in [1.165, 1.54) is 0 Å². The molecule has 0 amide bonds. The van der Waals surface area contributed by atoms with Crippen LogP contribution in [0.4, 0.5) is 17.2 Å². The van der Waals surface area contributed by atoms with Crippen LogP contribution in [-0.4, -0.2) is 123 Å². The Morgan fingerprint density at radius 1 is 0.981 bits per heavy atom. The fourth-order valence-electron chi connectivity index (χ4n) is 8.00. The van der Waals surface area contributed by atoms with Gasteiger partial charge < -0.3 is 39.7 Å². The van der Waals surface area contributed by atoms with Crippen molar-refractivity contribution >= 4 is 23.2 Å². The molecule has 4 atom stereocenters. The highest BCUT2D eigenvalue weighted by Gasteiger charge is 2.41. The minimum Gasteiger partial charge on any atom is -0.507 e. The maximum absolute atomic E-state index is 11.6. The first-order valence-electron chi connectivity index (χ1n) is 18.5. The molecule has 3 aromatic heterocycles. The number of phenolic OH excluding ortho intramolecular Hbond substituents is 1. The molecule has 3 fully saturated rings. The molecule has 0 saturated carbocycles. The number of aliphatic carboxylic acids is 1. The Labute approximate surface area is 309 Å². The summed E-state index contributed by atoms with van der Waals surface area (Å²) in [7, 11) is 0. The lowest BCUT2D eigenvalue weighted by atomic mass is 9.94. The number of ether oxygens (including phenoxy) is 2. The van der Waals surface area contributed by atoms with Crippen molar-refractivity contribution in [3.05, 3.63) is 60.5 Å². The van der Waals surface area contributed by atoms with Gasteiger partial charge in [-0.25, -0.2) is 4.98 Å². The number of carbonyl (C=O) groups is 1. The van der Waals surface area contributed by atoms with Gasteiger partial charge in [0.15, 0.2) is 11.6 Å². The minimum atomic E-state index is -0.934. The highest BCUT2D eigenvalue weighted by Crippen LogP contribution is 2.39. The Morgan fingerprint density at radius 2 is 1.74 bits per heavy atom. The highest BCUT2D eigenvalue weighted by molar-refractivity contribution is 5.76. The Balaban J connectivity index is 0.875. The second kappa shape index (κ2) is 15.8. The summed E-state index contributed by atoms with van der Waals surface area (Å²) in [6.07, 6.45) is 3.98. The van der Waals surface area contributed by atoms with Gasteiger partial charge in [-0.05, 0) is 55.1 Å². The number of hydrogen-bond donors (Lipinski definition) is 3. The molecule has 4 aromatic rings. The number of fused-ring (bicyclic) bond motifs is 2. The van der Waals surface area contributed by atoms with E-state index in [-0.39, 0.29) is 11.7 Å². The SMILES string of the molecule is CC(C)[C@@H](C(=O)O)c1cc(OCCN2CCN(CCOc3cc(N4C5CCC4CN(c4cc(-c6ccccc6O)nnc4N)C5)ccn3)[C@H](C)C2)no1. The number of anilines is 3. The van der Waals surface area contributed by atoms with Gasteiger partial charge >= 0.3 is 5.97 Å². The first-order valence-corrected chi connectivity index (χ1v) is 18.5. The Hall–Kier alpha value is -5.15. The van der Waals surface area contributed by atoms with Crippen LogP contribution in [0.1, 0.15) is 45.3 Å². The number of benzene rings is 1. The van der Waals surface area contributed by atoms with Gasteiger partial charge in [-0.1, -0.05) is 26.0 Å². The molecular weight excluding hydrogens is 678 g/mol. The van der Waals surface area contributed by atoms with Crippen LogP contribution >= 0.6 is 0 Å². The number of rotatable bonds is 14. The summed E-state index contributed by atoms with van der Waals surface area (Å²) in [5.74, 6) is -0.000322. The Morgan fingerprint density at radius 3 is 2.47 bits per heavy atom. The largest absolute Gasteiger partial charge is 0.507 e. The van der Waals surface area contributed by atoms with Crippen molar-refractivity contribution in [2.75, 3.05) is 74.6 Å². The smallest absolute Gasteiger partial charge is 0.314 e. The second-order valence-electron chi connectivity index (χ2n) is 14.6. The number of aromatic nitrogens is 4. The van der Waals surface area contributed by atoms with Crippen molar-refractivity contribution in [1.82, 2.24) is 30.1 Å². The molecule has 2 bridgehead atoms. The fraction of sp³-hybridized carbons (Fsp3) is 0.500. The third-order valence-corrected chi connectivity index (χ3v) is 10.7. The average molecular weight is 728 g/mol.